The number of nitrogens with one attached hydrogen (secondary N) is 2. The number of benzene rings is 1. The highest BCUT2D eigenvalue weighted by Gasteiger charge is 2.23. The molecule has 1 aromatic carbocycles. The van der Waals surface area contributed by atoms with Gasteiger partial charge >= 0.3 is 0 Å². The summed E-state index contributed by atoms with van der Waals surface area (Å²) in [6.07, 6.45) is 0. The van der Waals surface area contributed by atoms with Gasteiger partial charge < -0.3 is 20.5 Å². The second kappa shape index (κ2) is 11.5. The van der Waals surface area contributed by atoms with E-state index in [-0.39, 0.29) is 24.0 Å². The minimum absolute atomic E-state index is 0. The number of aliphatic imine (C=N–C) groups is 1. The fourth-order valence-corrected chi connectivity index (χ4v) is 3.13. The summed E-state index contributed by atoms with van der Waals surface area (Å²) >= 11 is 1.58. The maximum Gasteiger partial charge on any atom is 0.191 e. The number of ether oxygens (including phenoxy) is 1. The Kier molecular flexibility index (Phi) is 10.1. The van der Waals surface area contributed by atoms with Crippen LogP contribution in [-0.2, 0) is 23.5 Å². The molecule has 2 aromatic rings. The van der Waals surface area contributed by atoms with Crippen LogP contribution in [0.2, 0.25) is 0 Å². The first-order chi connectivity index (χ1) is 12.0. The van der Waals surface area contributed by atoms with E-state index < -0.39 is 5.60 Å². The van der Waals surface area contributed by atoms with Crippen molar-refractivity contribution >= 4 is 41.3 Å². The molecule has 1 atom stereocenters. The van der Waals surface area contributed by atoms with Gasteiger partial charge in [-0.2, -0.15) is 11.3 Å². The van der Waals surface area contributed by atoms with E-state index in [4.69, 9.17) is 4.74 Å². The van der Waals surface area contributed by atoms with Gasteiger partial charge in [0, 0.05) is 13.7 Å². The normalized spacial score (nSPS) is 13.6. The van der Waals surface area contributed by atoms with E-state index in [0.29, 0.717) is 25.7 Å². The number of hydrogen-bond acceptors (Lipinski definition) is 4. The van der Waals surface area contributed by atoms with Crippen LogP contribution in [-0.4, -0.2) is 31.3 Å². The predicted octanol–water partition coefficient (Wildman–Crippen LogP) is 3.48. The van der Waals surface area contributed by atoms with E-state index in [0.717, 1.165) is 23.2 Å². The number of guanidine groups is 1. The fourth-order valence-electron chi connectivity index (χ4n) is 2.35. The summed E-state index contributed by atoms with van der Waals surface area (Å²) in [5.74, 6) is 0.693. The average molecular weight is 489 g/mol. The molecule has 0 amide bonds. The van der Waals surface area contributed by atoms with Crippen LogP contribution >= 0.6 is 35.3 Å². The Hall–Kier alpha value is -1.16. The molecule has 0 spiro atoms. The van der Waals surface area contributed by atoms with E-state index in [1.54, 1.807) is 25.4 Å². The highest BCUT2D eigenvalue weighted by molar-refractivity contribution is 14.0. The molecule has 0 saturated carbocycles. The third kappa shape index (κ3) is 7.22. The molecule has 0 bridgehead atoms. The molecule has 1 aromatic heterocycles. The first-order valence-electron chi connectivity index (χ1n) is 8.39. The second-order valence-corrected chi connectivity index (χ2v) is 6.86. The molecule has 144 valence electrons. The van der Waals surface area contributed by atoms with E-state index in [2.05, 4.69) is 39.9 Å². The lowest BCUT2D eigenvalue weighted by molar-refractivity contribution is 0.0621. The minimum Gasteiger partial charge on any atom is -0.384 e. The van der Waals surface area contributed by atoms with Gasteiger partial charge in [0.15, 0.2) is 5.96 Å². The summed E-state index contributed by atoms with van der Waals surface area (Å²) in [4.78, 5) is 4.60. The quantitative estimate of drug-likeness (QED) is 0.302. The highest BCUT2D eigenvalue weighted by Crippen LogP contribution is 2.21. The van der Waals surface area contributed by atoms with Gasteiger partial charge in [0.05, 0.1) is 19.7 Å². The Morgan fingerprint density at radius 3 is 2.46 bits per heavy atom. The molecule has 0 radical (unpaired) electrons. The zero-order valence-electron chi connectivity index (χ0n) is 15.5. The highest BCUT2D eigenvalue weighted by atomic mass is 127. The maximum absolute atomic E-state index is 10.6. The van der Waals surface area contributed by atoms with Crippen molar-refractivity contribution in [3.05, 3.63) is 57.8 Å². The molecule has 1 unspecified atom stereocenters. The van der Waals surface area contributed by atoms with Crippen molar-refractivity contribution < 1.29 is 9.84 Å². The number of methoxy groups -OCH3 is 1. The van der Waals surface area contributed by atoms with E-state index in [1.165, 1.54) is 0 Å². The van der Waals surface area contributed by atoms with E-state index in [9.17, 15) is 5.11 Å². The van der Waals surface area contributed by atoms with Gasteiger partial charge in [-0.15, -0.1) is 24.0 Å². The summed E-state index contributed by atoms with van der Waals surface area (Å²) in [5.41, 5.74) is 2.25. The van der Waals surface area contributed by atoms with E-state index >= 15 is 0 Å². The standard InChI is InChI=1S/C19H27N3O2S.HI/c1-4-20-18(22-14-19(2,23)17-9-10-25-13-17)21-11-15-5-7-16(8-6-15)12-24-3;/h5-10,13,23H,4,11-12,14H2,1-3H3,(H2,20,21,22);1H. The van der Waals surface area contributed by atoms with Crippen LogP contribution in [0.5, 0.6) is 0 Å². The molecule has 0 aliphatic heterocycles. The Morgan fingerprint density at radius 2 is 1.88 bits per heavy atom. The Balaban J connectivity index is 0.00000338. The van der Waals surface area contributed by atoms with Gasteiger partial charge in [0.2, 0.25) is 0 Å². The Bertz CT molecular complexity index is 658. The molecule has 2 rings (SSSR count). The number of thiophene rings is 1. The van der Waals surface area contributed by atoms with Crippen LogP contribution in [0.25, 0.3) is 0 Å². The van der Waals surface area contributed by atoms with Gasteiger partial charge in [-0.1, -0.05) is 24.3 Å². The topological polar surface area (TPSA) is 65.9 Å². The minimum atomic E-state index is -0.933. The summed E-state index contributed by atoms with van der Waals surface area (Å²) < 4.78 is 5.12. The van der Waals surface area contributed by atoms with Crippen molar-refractivity contribution in [1.29, 1.82) is 0 Å². The van der Waals surface area contributed by atoms with E-state index in [1.807, 2.05) is 23.8 Å². The summed E-state index contributed by atoms with van der Waals surface area (Å²) in [7, 11) is 1.69. The molecular formula is C19H28IN3O2S. The third-order valence-corrected chi connectivity index (χ3v) is 4.52. The lowest BCUT2D eigenvalue weighted by atomic mass is 9.99. The SMILES string of the molecule is CCNC(=NCc1ccc(COC)cc1)NCC(C)(O)c1ccsc1.I. The van der Waals surface area contributed by atoms with Crippen LogP contribution in [0.15, 0.2) is 46.1 Å². The molecular weight excluding hydrogens is 461 g/mol. The van der Waals surface area contributed by atoms with Crippen molar-refractivity contribution in [2.24, 2.45) is 4.99 Å². The molecule has 26 heavy (non-hydrogen) atoms. The zero-order valence-corrected chi connectivity index (χ0v) is 18.6. The number of nitrogens with zero attached hydrogens (tertiary/aromatic N) is 1. The lowest BCUT2D eigenvalue weighted by Gasteiger charge is -2.24. The summed E-state index contributed by atoms with van der Waals surface area (Å²) in [5, 5.41) is 21.0. The summed E-state index contributed by atoms with van der Waals surface area (Å²) in [6, 6.07) is 10.2. The predicted molar refractivity (Wildman–Crippen MR) is 119 cm³/mol. The van der Waals surface area contributed by atoms with Crippen LogP contribution in [0.1, 0.15) is 30.5 Å². The molecule has 0 aliphatic rings. The molecule has 5 nitrogen and oxygen atoms in total. The maximum atomic E-state index is 10.6. The Labute approximate surface area is 176 Å². The van der Waals surface area contributed by atoms with Crippen molar-refractivity contribution in [3.63, 3.8) is 0 Å². The number of hydrogen-bond donors (Lipinski definition) is 3. The number of aliphatic hydroxyl groups is 1. The van der Waals surface area contributed by atoms with Gasteiger partial charge in [-0.05, 0) is 47.4 Å². The zero-order chi connectivity index (χ0) is 18.1. The van der Waals surface area contributed by atoms with Crippen molar-refractivity contribution in [2.45, 2.75) is 32.6 Å². The smallest absolute Gasteiger partial charge is 0.191 e. The van der Waals surface area contributed by atoms with Crippen molar-refractivity contribution in [1.82, 2.24) is 10.6 Å². The number of halogens is 1. The van der Waals surface area contributed by atoms with Crippen molar-refractivity contribution in [2.75, 3.05) is 20.2 Å². The largest absolute Gasteiger partial charge is 0.384 e. The van der Waals surface area contributed by atoms with Crippen molar-refractivity contribution in [3.8, 4) is 0 Å². The molecule has 0 aliphatic carbocycles. The second-order valence-electron chi connectivity index (χ2n) is 6.08. The first-order valence-corrected chi connectivity index (χ1v) is 9.33. The summed E-state index contributed by atoms with van der Waals surface area (Å²) in [6.45, 7) is 6.17. The van der Waals surface area contributed by atoms with Crippen LogP contribution in [0.3, 0.4) is 0 Å². The van der Waals surface area contributed by atoms with Crippen LogP contribution in [0, 0.1) is 0 Å². The van der Waals surface area contributed by atoms with Gasteiger partial charge in [-0.25, -0.2) is 4.99 Å². The van der Waals surface area contributed by atoms with Gasteiger partial charge in [0.25, 0.3) is 0 Å². The first kappa shape index (κ1) is 22.9. The average Bonchev–Trinajstić information content (AvgIpc) is 3.14. The Morgan fingerprint density at radius 1 is 1.19 bits per heavy atom. The van der Waals surface area contributed by atoms with Crippen LogP contribution in [0.4, 0.5) is 0 Å². The molecule has 7 heteroatoms. The van der Waals surface area contributed by atoms with Gasteiger partial charge in [0.1, 0.15) is 5.60 Å². The van der Waals surface area contributed by atoms with Crippen LogP contribution < -0.4 is 10.6 Å². The van der Waals surface area contributed by atoms with Gasteiger partial charge in [-0.3, -0.25) is 0 Å². The molecule has 0 fully saturated rings. The number of rotatable bonds is 8. The molecule has 1 heterocycles. The fraction of sp³-hybridized carbons (Fsp3) is 0.421. The molecule has 3 N–H and O–H groups in total. The third-order valence-electron chi connectivity index (χ3n) is 3.84. The molecule has 0 saturated heterocycles. The monoisotopic (exact) mass is 489 g/mol. The lowest BCUT2D eigenvalue weighted by Crippen LogP contribution is -2.44.